The van der Waals surface area contributed by atoms with Crippen molar-refractivity contribution in [2.75, 3.05) is 33.3 Å². The Bertz CT molecular complexity index is 1200. The van der Waals surface area contributed by atoms with Crippen molar-refractivity contribution in [2.24, 2.45) is 0 Å². The molecule has 0 unspecified atom stereocenters. The molecule has 158 valence electrons. The van der Waals surface area contributed by atoms with Crippen LogP contribution in [0, 0.1) is 0 Å². The van der Waals surface area contributed by atoms with Gasteiger partial charge in [-0.05, 0) is 47.0 Å². The number of H-pyrrole nitrogens is 1. The van der Waals surface area contributed by atoms with Crippen molar-refractivity contribution in [3.8, 4) is 17.0 Å². The fraction of sp³-hybridized carbons (Fsp3) is 0.217. The van der Waals surface area contributed by atoms with E-state index in [0.29, 0.717) is 23.9 Å². The van der Waals surface area contributed by atoms with Crippen LogP contribution in [0.15, 0.2) is 70.4 Å². The zero-order chi connectivity index (χ0) is 21.2. The number of amides is 1. The summed E-state index contributed by atoms with van der Waals surface area (Å²) in [5, 5.41) is 7.23. The number of aromatic amines is 1. The lowest BCUT2D eigenvalue weighted by molar-refractivity contribution is 0.0698. The number of carbonyl (C=O) groups excluding carboxylic acids is 1. The number of hydrogen-bond acceptors (Lipinski definition) is 6. The van der Waals surface area contributed by atoms with Crippen molar-refractivity contribution >= 4 is 28.6 Å². The highest BCUT2D eigenvalue weighted by Gasteiger charge is 2.24. The van der Waals surface area contributed by atoms with E-state index in [-0.39, 0.29) is 5.91 Å². The summed E-state index contributed by atoms with van der Waals surface area (Å²) < 4.78 is 13.4. The molecule has 0 radical (unpaired) electrons. The molecule has 2 aromatic carbocycles. The molecule has 3 heterocycles. The minimum atomic E-state index is 0.0417. The molecule has 2 aromatic heterocycles. The topological polar surface area (TPSA) is 74.6 Å². The lowest BCUT2D eigenvalue weighted by atomic mass is 10.0. The molecular weight excluding hydrogens is 412 g/mol. The number of benzene rings is 2. The number of hydrogen-bond donors (Lipinski definition) is 1. The van der Waals surface area contributed by atoms with Gasteiger partial charge in [0.15, 0.2) is 0 Å². The molecule has 0 bridgehead atoms. The van der Waals surface area contributed by atoms with E-state index in [2.05, 4.69) is 32.6 Å². The Hall–Kier alpha value is -3.23. The number of nitrogens with zero attached hydrogens (tertiary/aromatic N) is 3. The Morgan fingerprint density at radius 3 is 2.55 bits per heavy atom. The van der Waals surface area contributed by atoms with E-state index in [1.54, 1.807) is 19.4 Å². The summed E-state index contributed by atoms with van der Waals surface area (Å²) in [5.41, 5.74) is 2.27. The van der Waals surface area contributed by atoms with Gasteiger partial charge >= 0.3 is 0 Å². The summed E-state index contributed by atoms with van der Waals surface area (Å²) in [7, 11) is 1.66. The van der Waals surface area contributed by atoms with Gasteiger partial charge in [0.1, 0.15) is 17.1 Å². The van der Waals surface area contributed by atoms with E-state index < -0.39 is 0 Å². The SMILES string of the molecule is COc1cc2ccccc2cc1-c1cc(SN2CCN(C(=O)c3ccc[nH]3)CC2)on1. The van der Waals surface area contributed by atoms with Crippen LogP contribution in [0.3, 0.4) is 0 Å². The van der Waals surface area contributed by atoms with Crippen LogP contribution in [-0.4, -0.2) is 58.5 Å². The van der Waals surface area contributed by atoms with Crippen molar-refractivity contribution in [3.05, 3.63) is 66.5 Å². The van der Waals surface area contributed by atoms with Crippen LogP contribution in [0.2, 0.25) is 0 Å². The predicted octanol–water partition coefficient (Wildman–Crippen LogP) is 4.30. The monoisotopic (exact) mass is 434 g/mol. The predicted molar refractivity (Wildman–Crippen MR) is 120 cm³/mol. The maximum absolute atomic E-state index is 12.5. The quantitative estimate of drug-likeness (QED) is 0.472. The number of carbonyl (C=O) groups is 1. The molecule has 1 amide bonds. The number of ether oxygens (including phenoxy) is 1. The first kappa shape index (κ1) is 19.7. The average Bonchev–Trinajstić information content (AvgIpc) is 3.51. The van der Waals surface area contributed by atoms with Gasteiger partial charge < -0.3 is 19.1 Å². The van der Waals surface area contributed by atoms with Gasteiger partial charge in [-0.2, -0.15) is 0 Å². The fourth-order valence-electron chi connectivity index (χ4n) is 3.76. The lowest BCUT2D eigenvalue weighted by Gasteiger charge is -2.32. The van der Waals surface area contributed by atoms with Crippen LogP contribution in [0.5, 0.6) is 5.75 Å². The van der Waals surface area contributed by atoms with E-state index >= 15 is 0 Å². The van der Waals surface area contributed by atoms with Crippen LogP contribution < -0.4 is 4.74 Å². The van der Waals surface area contributed by atoms with Gasteiger partial charge in [0.25, 0.3) is 5.91 Å². The summed E-state index contributed by atoms with van der Waals surface area (Å²) in [4.78, 5) is 17.3. The normalized spacial score (nSPS) is 14.8. The smallest absolute Gasteiger partial charge is 0.270 e. The number of methoxy groups -OCH3 is 1. The summed E-state index contributed by atoms with van der Waals surface area (Å²) in [5.74, 6) is 0.806. The number of fused-ring (bicyclic) bond motifs is 1. The summed E-state index contributed by atoms with van der Waals surface area (Å²) in [6, 6.07) is 17.8. The molecule has 4 aromatic rings. The maximum atomic E-state index is 12.5. The third-order valence-corrected chi connectivity index (χ3v) is 6.40. The summed E-state index contributed by atoms with van der Waals surface area (Å²) in [6.07, 6.45) is 1.77. The minimum absolute atomic E-state index is 0.0417. The highest BCUT2D eigenvalue weighted by molar-refractivity contribution is 7.96. The molecule has 1 N–H and O–H groups in total. The molecule has 7 nitrogen and oxygen atoms in total. The standard InChI is InChI=1S/C23H22N4O3S/c1-29-21-14-17-6-3-2-5-16(17)13-18(21)20-15-22(30-25-20)31-27-11-9-26(10-12-27)23(28)19-7-4-8-24-19/h2-8,13-15,24H,9-12H2,1H3. The first-order valence-corrected chi connectivity index (χ1v) is 10.9. The van der Waals surface area contributed by atoms with E-state index in [1.807, 2.05) is 35.2 Å². The summed E-state index contributed by atoms with van der Waals surface area (Å²) >= 11 is 1.53. The van der Waals surface area contributed by atoms with E-state index in [9.17, 15) is 4.79 Å². The fourth-order valence-corrected chi connectivity index (χ4v) is 4.60. The van der Waals surface area contributed by atoms with Gasteiger partial charge in [0, 0.05) is 44.0 Å². The van der Waals surface area contributed by atoms with Crippen molar-refractivity contribution in [2.45, 2.75) is 5.09 Å². The van der Waals surface area contributed by atoms with E-state index in [0.717, 1.165) is 40.9 Å². The molecule has 8 heteroatoms. The third kappa shape index (κ3) is 4.04. The molecule has 1 saturated heterocycles. The molecule has 5 rings (SSSR count). The van der Waals surface area contributed by atoms with Crippen LogP contribution >= 0.6 is 11.9 Å². The number of rotatable bonds is 5. The van der Waals surface area contributed by atoms with Crippen LogP contribution in [0.25, 0.3) is 22.0 Å². The molecule has 0 aliphatic carbocycles. The Morgan fingerprint density at radius 2 is 1.84 bits per heavy atom. The Balaban J connectivity index is 1.27. The molecule has 0 saturated carbocycles. The van der Waals surface area contributed by atoms with Crippen LogP contribution in [-0.2, 0) is 0 Å². The van der Waals surface area contributed by atoms with Crippen molar-refractivity contribution in [1.29, 1.82) is 0 Å². The second-order valence-corrected chi connectivity index (χ2v) is 8.43. The van der Waals surface area contributed by atoms with Crippen molar-refractivity contribution in [1.82, 2.24) is 19.3 Å². The Kier molecular flexibility index (Phi) is 5.40. The molecule has 31 heavy (non-hydrogen) atoms. The largest absolute Gasteiger partial charge is 0.496 e. The van der Waals surface area contributed by atoms with Crippen LogP contribution in [0.4, 0.5) is 0 Å². The number of piperazine rings is 1. The maximum Gasteiger partial charge on any atom is 0.270 e. The lowest BCUT2D eigenvalue weighted by Crippen LogP contribution is -2.46. The van der Waals surface area contributed by atoms with E-state index in [4.69, 9.17) is 9.26 Å². The van der Waals surface area contributed by atoms with Gasteiger partial charge in [0.05, 0.1) is 7.11 Å². The van der Waals surface area contributed by atoms with Crippen molar-refractivity contribution in [3.63, 3.8) is 0 Å². The Morgan fingerprint density at radius 1 is 1.06 bits per heavy atom. The highest BCUT2D eigenvalue weighted by atomic mass is 32.2. The number of nitrogens with one attached hydrogen (secondary N) is 1. The molecule has 1 aliphatic rings. The molecule has 0 spiro atoms. The first-order valence-electron chi connectivity index (χ1n) is 10.1. The van der Waals surface area contributed by atoms with Crippen LogP contribution in [0.1, 0.15) is 10.5 Å². The van der Waals surface area contributed by atoms with E-state index in [1.165, 1.54) is 11.9 Å². The Labute approximate surface area is 184 Å². The first-order chi connectivity index (χ1) is 15.2. The molecule has 1 fully saturated rings. The average molecular weight is 435 g/mol. The third-order valence-electron chi connectivity index (χ3n) is 5.41. The zero-order valence-corrected chi connectivity index (χ0v) is 17.9. The highest BCUT2D eigenvalue weighted by Crippen LogP contribution is 2.36. The van der Waals surface area contributed by atoms with Gasteiger partial charge in [-0.1, -0.05) is 29.4 Å². The molecule has 1 aliphatic heterocycles. The van der Waals surface area contributed by atoms with Gasteiger partial charge in [-0.25, -0.2) is 4.31 Å². The van der Waals surface area contributed by atoms with Gasteiger partial charge in [0.2, 0.25) is 5.09 Å². The molecular formula is C23H22N4O3S. The van der Waals surface area contributed by atoms with Crippen molar-refractivity contribution < 1.29 is 14.1 Å². The summed E-state index contributed by atoms with van der Waals surface area (Å²) in [6.45, 7) is 2.85. The zero-order valence-electron chi connectivity index (χ0n) is 17.1. The van der Waals surface area contributed by atoms with Gasteiger partial charge in [-0.3, -0.25) is 4.79 Å². The second kappa shape index (κ2) is 8.49. The van der Waals surface area contributed by atoms with Gasteiger partial charge in [-0.15, -0.1) is 0 Å². The number of aromatic nitrogens is 2. The second-order valence-electron chi connectivity index (χ2n) is 7.33. The molecule has 0 atom stereocenters. The minimum Gasteiger partial charge on any atom is -0.496 e.